The predicted molar refractivity (Wildman–Crippen MR) is 221 cm³/mol. The third kappa shape index (κ3) is 6.30. The predicted octanol–water partition coefficient (Wildman–Crippen LogP) is 15.5. The number of nitrogens with zero attached hydrogens (tertiary/aromatic N) is 1. The summed E-state index contributed by atoms with van der Waals surface area (Å²) in [5.74, 6) is 0. The molecule has 0 bridgehead atoms. The van der Waals surface area contributed by atoms with E-state index in [9.17, 15) is 0 Å². The molecule has 0 aliphatic carbocycles. The van der Waals surface area contributed by atoms with Gasteiger partial charge in [-0.25, -0.2) is 0 Å². The molecule has 0 aliphatic heterocycles. The summed E-state index contributed by atoms with van der Waals surface area (Å²) < 4.78 is 0. The van der Waals surface area contributed by atoms with Crippen molar-refractivity contribution >= 4 is 85.1 Å². The monoisotopic (exact) mass is 737 g/mol. The van der Waals surface area contributed by atoms with Crippen LogP contribution in [0.2, 0.25) is 0 Å². The van der Waals surface area contributed by atoms with Gasteiger partial charge in [0.2, 0.25) is 0 Å². The maximum Gasteiger partial charge on any atom is 0.0462 e. The molecule has 3 aromatic carbocycles. The fraction of sp³-hybridized carbons (Fsp3) is 0. The van der Waals surface area contributed by atoms with Crippen LogP contribution in [0.15, 0.2) is 162 Å². The van der Waals surface area contributed by atoms with Crippen LogP contribution in [0.1, 0.15) is 0 Å². The Bertz CT molecular complexity index is 2130. The molecule has 6 heterocycles. The van der Waals surface area contributed by atoms with E-state index in [2.05, 4.69) is 167 Å². The average Bonchev–Trinajstić information content (AvgIpc) is 4.00. The summed E-state index contributed by atoms with van der Waals surface area (Å²) in [5, 5.41) is 6.43. The average molecular weight is 738 g/mol. The van der Waals surface area contributed by atoms with E-state index in [4.69, 9.17) is 0 Å². The Balaban J connectivity index is 1.04. The maximum atomic E-state index is 2.36. The van der Waals surface area contributed by atoms with Crippen LogP contribution in [0.4, 0.5) is 17.1 Å². The highest BCUT2D eigenvalue weighted by Gasteiger charge is 2.16. The van der Waals surface area contributed by atoms with Gasteiger partial charge in [-0.1, -0.05) is 54.6 Å². The lowest BCUT2D eigenvalue weighted by Gasteiger charge is -2.26. The molecule has 6 aromatic heterocycles. The second-order valence-corrected chi connectivity index (χ2v) is 17.5. The van der Waals surface area contributed by atoms with Gasteiger partial charge in [0.15, 0.2) is 0 Å². The smallest absolute Gasteiger partial charge is 0.0462 e. The van der Waals surface area contributed by atoms with Gasteiger partial charge < -0.3 is 4.90 Å². The normalized spacial score (nSPS) is 11.3. The molecule has 49 heavy (non-hydrogen) atoms. The molecule has 0 atom stereocenters. The van der Waals surface area contributed by atoms with Crippen LogP contribution >= 0.6 is 68.0 Å². The SMILES string of the molecule is c1csc(-c2ccc(-c3ccc(N(c4ccc(-c5ccc(-c6cccs6)s5)cc4)c4ccc(-c5ccc(-c6cccs6)s5)cc4)cc3)s2)c1. The zero-order chi connectivity index (χ0) is 32.6. The number of hydrogen-bond acceptors (Lipinski definition) is 7. The lowest BCUT2D eigenvalue weighted by molar-refractivity contribution is 1.28. The molecular formula is C42H27NS6. The molecule has 0 saturated carbocycles. The molecule has 0 unspecified atom stereocenters. The largest absolute Gasteiger partial charge is 0.311 e. The number of hydrogen-bond donors (Lipinski definition) is 0. The van der Waals surface area contributed by atoms with Gasteiger partial charge in [0.05, 0.1) is 0 Å². The van der Waals surface area contributed by atoms with Crippen molar-refractivity contribution < 1.29 is 0 Å². The van der Waals surface area contributed by atoms with Crippen LogP contribution in [0, 0.1) is 0 Å². The number of benzene rings is 3. The fourth-order valence-electron chi connectivity index (χ4n) is 5.90. The summed E-state index contributed by atoms with van der Waals surface area (Å²) in [6.07, 6.45) is 0. The fourth-order valence-corrected chi connectivity index (χ4v) is 11.4. The molecule has 0 radical (unpaired) electrons. The first kappa shape index (κ1) is 30.7. The Kier molecular flexibility index (Phi) is 8.47. The first-order valence-electron chi connectivity index (χ1n) is 15.8. The Morgan fingerprint density at radius 2 is 0.551 bits per heavy atom. The van der Waals surface area contributed by atoms with Crippen molar-refractivity contribution in [1.29, 1.82) is 0 Å². The number of thiophene rings is 6. The minimum Gasteiger partial charge on any atom is -0.311 e. The third-order valence-electron chi connectivity index (χ3n) is 8.34. The van der Waals surface area contributed by atoms with Gasteiger partial charge in [0.25, 0.3) is 0 Å². The van der Waals surface area contributed by atoms with Gasteiger partial charge in [-0.15, -0.1) is 68.0 Å². The van der Waals surface area contributed by atoms with Crippen molar-refractivity contribution in [3.63, 3.8) is 0 Å². The minimum atomic E-state index is 1.13. The Morgan fingerprint density at radius 1 is 0.265 bits per heavy atom. The summed E-state index contributed by atoms with van der Waals surface area (Å²) in [6.45, 7) is 0. The van der Waals surface area contributed by atoms with E-state index in [-0.39, 0.29) is 0 Å². The van der Waals surface area contributed by atoms with Crippen LogP contribution in [0.3, 0.4) is 0 Å². The molecule has 236 valence electrons. The minimum absolute atomic E-state index is 1.13. The standard InChI is InChI=1S/C42H27NS6/c1-4-37(44-25-1)40-22-19-34(47-40)28-7-13-31(14-8-28)43(32-15-9-29(10-16-32)35-20-23-41(48-35)38-5-2-26-45-38)33-17-11-30(12-18-33)36-21-24-42(49-36)39-6-3-27-46-39/h1-27H. The lowest BCUT2D eigenvalue weighted by Crippen LogP contribution is -2.09. The summed E-state index contributed by atoms with van der Waals surface area (Å²) >= 11 is 10.9. The summed E-state index contributed by atoms with van der Waals surface area (Å²) in [5.41, 5.74) is 7.10. The maximum absolute atomic E-state index is 2.36. The van der Waals surface area contributed by atoms with Crippen LogP contribution in [0.5, 0.6) is 0 Å². The van der Waals surface area contributed by atoms with Crippen molar-refractivity contribution in [2.75, 3.05) is 4.90 Å². The van der Waals surface area contributed by atoms with Crippen molar-refractivity contribution in [3.8, 4) is 60.6 Å². The molecule has 0 amide bonds. The zero-order valence-corrected chi connectivity index (χ0v) is 30.9. The van der Waals surface area contributed by atoms with E-state index in [1.54, 1.807) is 34.0 Å². The number of anilines is 3. The van der Waals surface area contributed by atoms with E-state index < -0.39 is 0 Å². The molecule has 7 heteroatoms. The summed E-state index contributed by atoms with van der Waals surface area (Å²) in [4.78, 5) is 14.1. The van der Waals surface area contributed by atoms with E-state index in [1.165, 1.54) is 60.6 Å². The Hall–Kier alpha value is -4.34. The van der Waals surface area contributed by atoms with Gasteiger partial charge in [-0.3, -0.25) is 0 Å². The highest BCUT2D eigenvalue weighted by atomic mass is 32.1. The van der Waals surface area contributed by atoms with Gasteiger partial charge in [-0.05, 0) is 124 Å². The van der Waals surface area contributed by atoms with Crippen LogP contribution in [0.25, 0.3) is 60.6 Å². The van der Waals surface area contributed by atoms with Crippen molar-refractivity contribution in [2.45, 2.75) is 0 Å². The molecule has 0 N–H and O–H groups in total. The first-order valence-corrected chi connectivity index (χ1v) is 20.9. The Morgan fingerprint density at radius 3 is 0.816 bits per heavy atom. The van der Waals surface area contributed by atoms with Gasteiger partial charge >= 0.3 is 0 Å². The lowest BCUT2D eigenvalue weighted by atomic mass is 10.1. The molecule has 0 aliphatic rings. The summed E-state index contributed by atoms with van der Waals surface area (Å²) in [7, 11) is 0. The highest BCUT2D eigenvalue weighted by molar-refractivity contribution is 7.24. The van der Waals surface area contributed by atoms with Crippen molar-refractivity contribution in [3.05, 3.63) is 162 Å². The summed E-state index contributed by atoms with van der Waals surface area (Å²) in [6, 6.07) is 53.4. The van der Waals surface area contributed by atoms with Gasteiger partial charge in [-0.2, -0.15) is 0 Å². The molecule has 0 fully saturated rings. The van der Waals surface area contributed by atoms with E-state index in [0.29, 0.717) is 0 Å². The van der Waals surface area contributed by atoms with Gasteiger partial charge in [0.1, 0.15) is 0 Å². The van der Waals surface area contributed by atoms with Gasteiger partial charge in [0, 0.05) is 61.0 Å². The molecule has 0 saturated heterocycles. The molecule has 0 spiro atoms. The number of rotatable bonds is 9. The van der Waals surface area contributed by atoms with E-state index in [0.717, 1.165) is 17.1 Å². The van der Waals surface area contributed by atoms with E-state index >= 15 is 0 Å². The molecule has 9 rings (SSSR count). The van der Waals surface area contributed by atoms with Crippen molar-refractivity contribution in [2.24, 2.45) is 0 Å². The van der Waals surface area contributed by atoms with Crippen LogP contribution in [-0.4, -0.2) is 0 Å². The van der Waals surface area contributed by atoms with Crippen LogP contribution < -0.4 is 4.90 Å². The second-order valence-electron chi connectivity index (χ2n) is 11.4. The topological polar surface area (TPSA) is 3.24 Å². The molecule has 1 nitrogen and oxygen atoms in total. The second kappa shape index (κ2) is 13.5. The molecular weight excluding hydrogens is 711 g/mol. The zero-order valence-electron chi connectivity index (χ0n) is 26.0. The Labute approximate surface area is 309 Å². The quantitative estimate of drug-likeness (QED) is 0.143. The molecule has 9 aromatic rings. The van der Waals surface area contributed by atoms with Crippen molar-refractivity contribution in [1.82, 2.24) is 0 Å². The van der Waals surface area contributed by atoms with E-state index in [1.807, 2.05) is 34.0 Å². The first-order chi connectivity index (χ1) is 24.2. The third-order valence-corrected chi connectivity index (χ3v) is 14.9. The van der Waals surface area contributed by atoms with Crippen LogP contribution in [-0.2, 0) is 0 Å². The highest BCUT2D eigenvalue weighted by Crippen LogP contribution is 2.42.